The Hall–Kier alpha value is -3.82. The topological polar surface area (TPSA) is 89.2 Å². The first-order valence-corrected chi connectivity index (χ1v) is 9.61. The molecule has 0 bridgehead atoms. The lowest BCUT2D eigenvalue weighted by molar-refractivity contribution is -0.192. The number of carbonyl (C=O) groups excluding carboxylic acids is 1. The molecule has 0 fully saturated rings. The van der Waals surface area contributed by atoms with Crippen LogP contribution in [0.4, 0.5) is 13.2 Å². The number of para-hydroxylation sites is 1. The monoisotopic (exact) mass is 446 g/mol. The summed E-state index contributed by atoms with van der Waals surface area (Å²) in [4.78, 5) is 25.6. The quantitative estimate of drug-likeness (QED) is 0.501. The summed E-state index contributed by atoms with van der Waals surface area (Å²) in [6, 6.07) is 14.2. The van der Waals surface area contributed by atoms with Gasteiger partial charge in [-0.3, -0.25) is 9.78 Å². The maximum Gasteiger partial charge on any atom is 0.490 e. The van der Waals surface area contributed by atoms with Crippen LogP contribution in [0.1, 0.15) is 16.1 Å². The molecule has 0 spiro atoms. The Balaban J connectivity index is 0.000000360. The van der Waals surface area contributed by atoms with Crippen molar-refractivity contribution in [3.63, 3.8) is 0 Å². The molecule has 1 amide bonds. The van der Waals surface area contributed by atoms with Gasteiger partial charge in [-0.1, -0.05) is 24.3 Å². The van der Waals surface area contributed by atoms with E-state index in [0.717, 1.165) is 28.4 Å². The number of nitrogens with one attached hydrogen (secondary N) is 1. The Bertz CT molecular complexity index is 1260. The summed E-state index contributed by atoms with van der Waals surface area (Å²) in [5.74, 6) is -2.81. The highest BCUT2D eigenvalue weighted by Gasteiger charge is 2.38. The molecule has 0 aliphatic heterocycles. The zero-order chi connectivity index (χ0) is 23.5. The van der Waals surface area contributed by atoms with Crippen LogP contribution in [0.5, 0.6) is 0 Å². The van der Waals surface area contributed by atoms with Gasteiger partial charge in [0.05, 0.1) is 16.6 Å². The number of carboxylic acids is 1. The van der Waals surface area contributed by atoms with Crippen molar-refractivity contribution in [2.24, 2.45) is 14.1 Å². The third-order valence-electron chi connectivity index (χ3n) is 4.99. The van der Waals surface area contributed by atoms with Crippen molar-refractivity contribution in [3.05, 3.63) is 66.1 Å². The first-order valence-electron chi connectivity index (χ1n) is 9.61. The average Bonchev–Trinajstić information content (AvgIpc) is 3.24. The van der Waals surface area contributed by atoms with Crippen LogP contribution in [0.3, 0.4) is 0 Å². The molecule has 10 heteroatoms. The fourth-order valence-electron chi connectivity index (χ4n) is 3.43. The van der Waals surface area contributed by atoms with Gasteiger partial charge in [0, 0.05) is 38.4 Å². The van der Waals surface area contributed by atoms with E-state index in [9.17, 15) is 18.0 Å². The van der Waals surface area contributed by atoms with Crippen molar-refractivity contribution >= 4 is 33.8 Å². The normalized spacial score (nSPS) is 11.3. The molecule has 0 saturated carbocycles. The molecule has 0 aliphatic rings. The molecular weight excluding hydrogens is 425 g/mol. The van der Waals surface area contributed by atoms with Crippen molar-refractivity contribution in [1.29, 1.82) is 0 Å². The van der Waals surface area contributed by atoms with E-state index in [1.165, 1.54) is 5.52 Å². The summed E-state index contributed by atoms with van der Waals surface area (Å²) in [6.07, 6.45) is -0.733. The van der Waals surface area contributed by atoms with E-state index in [1.54, 1.807) is 6.20 Å². The van der Waals surface area contributed by atoms with Crippen LogP contribution in [-0.2, 0) is 25.3 Å². The Kier molecular flexibility index (Phi) is 6.52. The summed E-state index contributed by atoms with van der Waals surface area (Å²) < 4.78 is 35.9. The van der Waals surface area contributed by atoms with E-state index in [2.05, 4.69) is 27.0 Å². The van der Waals surface area contributed by atoms with Crippen LogP contribution in [0.2, 0.25) is 0 Å². The minimum atomic E-state index is -5.08. The third kappa shape index (κ3) is 4.74. The number of aromatic nitrogens is 3. The van der Waals surface area contributed by atoms with Gasteiger partial charge in [-0.05, 0) is 30.2 Å². The maximum atomic E-state index is 12.6. The Labute approximate surface area is 181 Å². The SMILES string of the molecule is Cn1c(C(=O)NCCc2cccnc2)cc2c1c1ccccc1n2C.O=C(O)C(F)(F)F. The molecule has 0 atom stereocenters. The lowest BCUT2D eigenvalue weighted by Gasteiger charge is -2.07. The van der Waals surface area contributed by atoms with Crippen LogP contribution >= 0.6 is 0 Å². The summed E-state index contributed by atoms with van der Waals surface area (Å²) in [7, 11) is 3.99. The summed E-state index contributed by atoms with van der Waals surface area (Å²) in [5, 5.41) is 11.3. The van der Waals surface area contributed by atoms with Crippen molar-refractivity contribution in [3.8, 4) is 0 Å². The summed E-state index contributed by atoms with van der Waals surface area (Å²) in [6.45, 7) is 0.590. The van der Waals surface area contributed by atoms with Gasteiger partial charge in [-0.25, -0.2) is 4.79 Å². The van der Waals surface area contributed by atoms with Gasteiger partial charge in [0.1, 0.15) is 5.69 Å². The number of aryl methyl sites for hydroxylation is 2. The lowest BCUT2D eigenvalue weighted by atomic mass is 10.2. The van der Waals surface area contributed by atoms with Crippen LogP contribution in [-0.4, -0.2) is 43.8 Å². The highest BCUT2D eigenvalue weighted by atomic mass is 19.4. The number of amides is 1. The first kappa shape index (κ1) is 22.9. The molecule has 0 saturated heterocycles. The largest absolute Gasteiger partial charge is 0.490 e. The average molecular weight is 446 g/mol. The van der Waals surface area contributed by atoms with Crippen LogP contribution in [0.25, 0.3) is 21.9 Å². The predicted molar refractivity (Wildman–Crippen MR) is 113 cm³/mol. The van der Waals surface area contributed by atoms with Gasteiger partial charge >= 0.3 is 12.1 Å². The second kappa shape index (κ2) is 9.13. The Morgan fingerprint density at radius 1 is 1.06 bits per heavy atom. The van der Waals surface area contributed by atoms with Gasteiger partial charge < -0.3 is 19.6 Å². The van der Waals surface area contributed by atoms with E-state index in [0.29, 0.717) is 12.2 Å². The van der Waals surface area contributed by atoms with E-state index in [1.807, 2.05) is 55.2 Å². The van der Waals surface area contributed by atoms with Gasteiger partial charge in [0.25, 0.3) is 5.91 Å². The molecule has 7 nitrogen and oxygen atoms in total. The number of nitrogens with zero attached hydrogens (tertiary/aromatic N) is 3. The van der Waals surface area contributed by atoms with E-state index in [-0.39, 0.29) is 5.91 Å². The van der Waals surface area contributed by atoms with Crippen molar-refractivity contribution in [2.45, 2.75) is 12.6 Å². The van der Waals surface area contributed by atoms with Crippen molar-refractivity contribution in [2.75, 3.05) is 6.54 Å². The van der Waals surface area contributed by atoms with Crippen molar-refractivity contribution < 1.29 is 27.9 Å². The molecule has 0 aliphatic carbocycles. The zero-order valence-corrected chi connectivity index (χ0v) is 17.3. The van der Waals surface area contributed by atoms with E-state index < -0.39 is 12.1 Å². The minimum absolute atomic E-state index is 0.0494. The number of alkyl halides is 3. The smallest absolute Gasteiger partial charge is 0.475 e. The summed E-state index contributed by atoms with van der Waals surface area (Å²) in [5.41, 5.74) is 5.13. The Morgan fingerprint density at radius 3 is 2.38 bits per heavy atom. The van der Waals surface area contributed by atoms with Crippen molar-refractivity contribution in [1.82, 2.24) is 19.4 Å². The molecule has 2 N–H and O–H groups in total. The molecule has 4 aromatic rings. The Morgan fingerprint density at radius 2 is 1.75 bits per heavy atom. The second-order valence-corrected chi connectivity index (χ2v) is 7.07. The van der Waals surface area contributed by atoms with Crippen LogP contribution in [0.15, 0.2) is 54.9 Å². The first-order chi connectivity index (χ1) is 15.1. The fraction of sp³-hybridized carbons (Fsp3) is 0.227. The van der Waals surface area contributed by atoms with Gasteiger partial charge in [-0.15, -0.1) is 0 Å². The molecule has 1 aromatic carbocycles. The number of pyridine rings is 1. The van der Waals surface area contributed by atoms with Gasteiger partial charge in [0.15, 0.2) is 0 Å². The molecular formula is C22H21F3N4O3. The van der Waals surface area contributed by atoms with Gasteiger partial charge in [0.2, 0.25) is 0 Å². The molecule has 168 valence electrons. The minimum Gasteiger partial charge on any atom is -0.475 e. The highest BCUT2D eigenvalue weighted by Crippen LogP contribution is 2.30. The predicted octanol–water partition coefficient (Wildman–Crippen LogP) is 3.67. The zero-order valence-electron chi connectivity index (χ0n) is 17.3. The number of carbonyl (C=O) groups is 2. The number of benzene rings is 1. The molecule has 0 unspecified atom stereocenters. The van der Waals surface area contributed by atoms with Gasteiger partial charge in [-0.2, -0.15) is 13.2 Å². The number of aliphatic carboxylic acids is 1. The summed E-state index contributed by atoms with van der Waals surface area (Å²) >= 11 is 0. The number of rotatable bonds is 4. The fourth-order valence-corrected chi connectivity index (χ4v) is 3.43. The molecule has 0 radical (unpaired) electrons. The number of fused-ring (bicyclic) bond motifs is 3. The maximum absolute atomic E-state index is 12.6. The molecule has 3 heterocycles. The van der Waals surface area contributed by atoms with Crippen LogP contribution < -0.4 is 5.32 Å². The molecule has 32 heavy (non-hydrogen) atoms. The number of carboxylic acid groups (broad SMARTS) is 1. The van der Waals surface area contributed by atoms with E-state index in [4.69, 9.17) is 9.90 Å². The molecule has 3 aromatic heterocycles. The number of hydrogen-bond acceptors (Lipinski definition) is 3. The van der Waals surface area contributed by atoms with E-state index >= 15 is 0 Å². The number of hydrogen-bond donors (Lipinski definition) is 2. The third-order valence-corrected chi connectivity index (χ3v) is 4.99. The second-order valence-electron chi connectivity index (χ2n) is 7.07. The molecule has 4 rings (SSSR count). The standard InChI is InChI=1S/C20H20N4O.C2HF3O2/c1-23-16-8-4-3-7-15(16)19-17(23)12-18(24(19)2)20(25)22-11-9-14-6-5-10-21-13-14;3-2(4,5)1(6)7/h3-8,10,12-13H,9,11H2,1-2H3,(H,22,25);(H,6,7). The lowest BCUT2D eigenvalue weighted by Crippen LogP contribution is -2.27. The number of halogens is 3. The van der Waals surface area contributed by atoms with Crippen LogP contribution in [0, 0.1) is 0 Å². The highest BCUT2D eigenvalue weighted by molar-refractivity contribution is 6.10.